The number of ether oxygens (including phenoxy) is 1. The molecule has 1 saturated heterocycles. The molecule has 0 radical (unpaired) electrons. The quantitative estimate of drug-likeness (QED) is 0.754. The fraction of sp³-hybridized carbons (Fsp3) is 0.462. The third kappa shape index (κ3) is 2.14. The van der Waals surface area contributed by atoms with Crippen molar-refractivity contribution in [2.24, 2.45) is 0 Å². The molecule has 1 aliphatic heterocycles. The molecule has 0 N–H and O–H groups in total. The fourth-order valence-electron chi connectivity index (χ4n) is 2.32. The standard InChI is InChI=1S/C13H17NO.Cr/c1-4-14-12(10-15-13(14,2)3)11-8-6-5-7-9-11;/h5-9,12H,10H2,1-3H3;/t12-;/m0./s1/i4+1;. The molecule has 2 nitrogen and oxygen atoms in total. The SMILES string of the molecule is C[13C](=[Cr])N1[C@H](c2ccccc2)COC1(C)C. The molecule has 0 bridgehead atoms. The first kappa shape index (κ1) is 12.0. The summed E-state index contributed by atoms with van der Waals surface area (Å²) in [6.07, 6.45) is 0. The summed E-state index contributed by atoms with van der Waals surface area (Å²) < 4.78 is 7.04. The zero-order valence-electron chi connectivity index (χ0n) is 9.93. The maximum atomic E-state index is 5.87. The molecule has 1 aliphatic rings. The van der Waals surface area contributed by atoms with Crippen LogP contribution < -0.4 is 0 Å². The van der Waals surface area contributed by atoms with Gasteiger partial charge in [0.15, 0.2) is 0 Å². The van der Waals surface area contributed by atoms with E-state index in [4.69, 9.17) is 4.74 Å². The summed E-state index contributed by atoms with van der Waals surface area (Å²) in [6, 6.07) is 10.8. The summed E-state index contributed by atoms with van der Waals surface area (Å²) in [4.78, 5) is 2.31. The van der Waals surface area contributed by atoms with E-state index in [0.29, 0.717) is 6.04 Å². The van der Waals surface area contributed by atoms with E-state index in [1.54, 1.807) is 0 Å². The molecule has 1 aromatic carbocycles. The van der Waals surface area contributed by atoms with Crippen molar-refractivity contribution in [3.8, 4) is 0 Å². The Balaban J connectivity index is 2.33. The van der Waals surface area contributed by atoms with Crippen molar-refractivity contribution in [3.05, 3.63) is 35.9 Å². The van der Waals surface area contributed by atoms with Gasteiger partial charge in [0.1, 0.15) is 0 Å². The molecule has 16 heavy (non-hydrogen) atoms. The maximum absolute atomic E-state index is 5.87. The van der Waals surface area contributed by atoms with Crippen LogP contribution in [0.25, 0.3) is 0 Å². The Hall–Kier alpha value is -0.458. The zero-order valence-corrected chi connectivity index (χ0v) is 11.2. The van der Waals surface area contributed by atoms with Gasteiger partial charge in [0.05, 0.1) is 0 Å². The minimum atomic E-state index is -0.226. The van der Waals surface area contributed by atoms with Gasteiger partial charge in [-0.1, -0.05) is 0 Å². The van der Waals surface area contributed by atoms with Gasteiger partial charge in [0, 0.05) is 0 Å². The second-order valence-corrected chi connectivity index (χ2v) is 5.50. The number of benzene rings is 1. The van der Waals surface area contributed by atoms with Crippen LogP contribution in [0.15, 0.2) is 30.3 Å². The molecule has 0 unspecified atom stereocenters. The van der Waals surface area contributed by atoms with Crippen LogP contribution in [0.4, 0.5) is 0 Å². The molecule has 1 heterocycles. The van der Waals surface area contributed by atoms with E-state index in [0.717, 1.165) is 6.61 Å². The van der Waals surface area contributed by atoms with Gasteiger partial charge in [0.2, 0.25) is 0 Å². The summed E-state index contributed by atoms with van der Waals surface area (Å²) in [5.74, 6) is 0. The number of rotatable bonds is 2. The number of hydrogen-bond donors (Lipinski definition) is 0. The summed E-state index contributed by atoms with van der Waals surface area (Å²) in [6.45, 7) is 7.05. The van der Waals surface area contributed by atoms with Crippen LogP contribution in [0.1, 0.15) is 32.4 Å². The van der Waals surface area contributed by atoms with E-state index in [-0.39, 0.29) is 5.72 Å². The van der Waals surface area contributed by atoms with Gasteiger partial charge >= 0.3 is 105 Å². The van der Waals surface area contributed by atoms with Crippen LogP contribution in [-0.2, 0) is 20.6 Å². The molecule has 1 aromatic rings. The van der Waals surface area contributed by atoms with Crippen LogP contribution >= 0.6 is 0 Å². The Morgan fingerprint density at radius 2 is 2.00 bits per heavy atom. The summed E-state index contributed by atoms with van der Waals surface area (Å²) >= 11 is 3.10. The Labute approximate surface area is 105 Å². The molecule has 0 aliphatic carbocycles. The zero-order chi connectivity index (χ0) is 11.8. The molecule has 1 atom stereocenters. The van der Waals surface area contributed by atoms with Gasteiger partial charge in [-0.15, -0.1) is 0 Å². The Kier molecular flexibility index (Phi) is 3.32. The van der Waals surface area contributed by atoms with Crippen LogP contribution in [0.3, 0.4) is 0 Å². The van der Waals surface area contributed by atoms with Crippen LogP contribution in [0.2, 0.25) is 0 Å². The van der Waals surface area contributed by atoms with Gasteiger partial charge in [0.25, 0.3) is 0 Å². The molecule has 0 spiro atoms. The topological polar surface area (TPSA) is 12.5 Å². The monoisotopic (exact) mass is 256 g/mol. The average molecular weight is 256 g/mol. The summed E-state index contributed by atoms with van der Waals surface area (Å²) in [7, 11) is 0. The predicted octanol–water partition coefficient (Wildman–Crippen LogP) is 2.49. The van der Waals surface area contributed by atoms with Gasteiger partial charge < -0.3 is 0 Å². The Bertz CT molecular complexity index is 388. The van der Waals surface area contributed by atoms with Crippen molar-refractivity contribution in [2.45, 2.75) is 32.5 Å². The Morgan fingerprint density at radius 1 is 1.38 bits per heavy atom. The normalized spacial score (nSPS) is 24.6. The van der Waals surface area contributed by atoms with Crippen molar-refractivity contribution in [1.82, 2.24) is 4.90 Å². The van der Waals surface area contributed by atoms with Gasteiger partial charge in [-0.3, -0.25) is 0 Å². The second kappa shape index (κ2) is 4.43. The van der Waals surface area contributed by atoms with E-state index in [1.807, 2.05) is 6.07 Å². The molecule has 86 valence electrons. The van der Waals surface area contributed by atoms with Crippen molar-refractivity contribution in [2.75, 3.05) is 6.61 Å². The summed E-state index contributed by atoms with van der Waals surface area (Å²) in [5.41, 5.74) is 1.08. The predicted molar refractivity (Wildman–Crippen MR) is 61.7 cm³/mol. The summed E-state index contributed by atoms with van der Waals surface area (Å²) in [5, 5.41) is 0. The first-order valence-electron chi connectivity index (χ1n) is 5.51. The number of nitrogens with zero attached hydrogens (tertiary/aromatic N) is 1. The third-order valence-corrected chi connectivity index (χ3v) is 3.32. The van der Waals surface area contributed by atoms with Crippen molar-refractivity contribution in [1.29, 1.82) is 0 Å². The van der Waals surface area contributed by atoms with Crippen molar-refractivity contribution in [3.63, 3.8) is 0 Å². The van der Waals surface area contributed by atoms with E-state index in [9.17, 15) is 0 Å². The average Bonchev–Trinajstić information content (AvgIpc) is 2.55. The Morgan fingerprint density at radius 3 is 2.56 bits per heavy atom. The molecular weight excluding hydrogens is 239 g/mol. The fourth-order valence-corrected chi connectivity index (χ4v) is 2.86. The second-order valence-electron chi connectivity index (χ2n) is 4.57. The minimum absolute atomic E-state index is 0.226. The van der Waals surface area contributed by atoms with Crippen LogP contribution in [0.5, 0.6) is 0 Å². The van der Waals surface area contributed by atoms with Crippen LogP contribution in [-0.4, -0.2) is 21.7 Å². The van der Waals surface area contributed by atoms with Crippen molar-refractivity contribution < 1.29 is 20.6 Å². The third-order valence-electron chi connectivity index (χ3n) is 3.01. The van der Waals surface area contributed by atoms with E-state index >= 15 is 0 Å². The van der Waals surface area contributed by atoms with Crippen LogP contribution in [0, 0.1) is 0 Å². The first-order chi connectivity index (χ1) is 7.52. The van der Waals surface area contributed by atoms with Gasteiger partial charge in [-0.25, -0.2) is 0 Å². The van der Waals surface area contributed by atoms with Gasteiger partial charge in [-0.05, 0) is 0 Å². The molecule has 0 aromatic heterocycles. The van der Waals surface area contributed by atoms with Crippen molar-refractivity contribution >= 4 is 4.50 Å². The van der Waals surface area contributed by atoms with E-state index < -0.39 is 0 Å². The molecule has 0 amide bonds. The molecular formula is C13H17CrNO. The molecule has 1 fully saturated rings. The van der Waals surface area contributed by atoms with E-state index in [1.165, 1.54) is 10.1 Å². The first-order valence-corrected chi connectivity index (χ1v) is 6.15. The molecule has 0 saturated carbocycles. The number of hydrogen-bond acceptors (Lipinski definition) is 2. The molecule has 3 heteroatoms. The molecule has 2 rings (SSSR count). The van der Waals surface area contributed by atoms with Gasteiger partial charge in [-0.2, -0.15) is 0 Å². The van der Waals surface area contributed by atoms with E-state index in [2.05, 4.69) is 65.8 Å².